The minimum atomic E-state index is -1.00. The molecule has 0 fully saturated rings. The average Bonchev–Trinajstić information content (AvgIpc) is 2.45. The Morgan fingerprint density at radius 1 is 1.10 bits per heavy atom. The van der Waals surface area contributed by atoms with Gasteiger partial charge < -0.3 is 19.7 Å². The van der Waals surface area contributed by atoms with Gasteiger partial charge in [0.25, 0.3) is 0 Å². The van der Waals surface area contributed by atoms with E-state index in [1.165, 1.54) is 21.1 Å². The van der Waals surface area contributed by atoms with Gasteiger partial charge >= 0.3 is 11.9 Å². The fourth-order valence-electron chi connectivity index (χ4n) is 2.09. The number of carboxylic acid groups (broad SMARTS) is 2. The van der Waals surface area contributed by atoms with Gasteiger partial charge in [0.2, 0.25) is 0 Å². The Morgan fingerprint density at radius 3 is 2.19 bits per heavy atom. The topological polar surface area (TPSA) is 93.1 Å². The number of methoxy groups -OCH3 is 2. The summed E-state index contributed by atoms with van der Waals surface area (Å²) in [6.45, 7) is 1.51. The second-order valence-corrected chi connectivity index (χ2v) is 4.90. The van der Waals surface area contributed by atoms with E-state index in [0.717, 1.165) is 5.56 Å². The van der Waals surface area contributed by atoms with Crippen LogP contribution >= 0.6 is 0 Å². The van der Waals surface area contributed by atoms with Crippen LogP contribution < -0.4 is 9.47 Å². The highest BCUT2D eigenvalue weighted by Gasteiger charge is 2.24. The Balaban J connectivity index is 2.89. The van der Waals surface area contributed by atoms with Gasteiger partial charge in [-0.2, -0.15) is 0 Å². The molecule has 0 bridgehead atoms. The quantitative estimate of drug-likeness (QED) is 0.762. The minimum absolute atomic E-state index is 0.0824. The number of hydrogen-bond donors (Lipinski definition) is 2. The maximum absolute atomic E-state index is 11.3. The molecule has 1 rings (SSSR count). The zero-order chi connectivity index (χ0) is 16.0. The molecule has 0 radical (unpaired) electrons. The molecule has 2 unspecified atom stereocenters. The Morgan fingerprint density at radius 2 is 1.71 bits per heavy atom. The van der Waals surface area contributed by atoms with E-state index in [4.69, 9.17) is 14.6 Å². The van der Waals surface area contributed by atoms with Crippen LogP contribution in [0.4, 0.5) is 0 Å². The van der Waals surface area contributed by atoms with Crippen molar-refractivity contribution in [3.05, 3.63) is 23.8 Å². The second-order valence-electron chi connectivity index (χ2n) is 4.90. The lowest BCUT2D eigenvalue weighted by Crippen LogP contribution is -2.22. The predicted molar refractivity (Wildman–Crippen MR) is 75.8 cm³/mol. The number of ether oxygens (including phenoxy) is 2. The van der Waals surface area contributed by atoms with Gasteiger partial charge in [-0.15, -0.1) is 0 Å². The molecular formula is C15H20O6. The molecule has 0 saturated carbocycles. The zero-order valence-electron chi connectivity index (χ0n) is 12.3. The minimum Gasteiger partial charge on any atom is -0.493 e. The van der Waals surface area contributed by atoms with E-state index in [2.05, 4.69) is 0 Å². The van der Waals surface area contributed by atoms with Crippen LogP contribution in [0, 0.1) is 11.8 Å². The summed E-state index contributed by atoms with van der Waals surface area (Å²) in [6, 6.07) is 5.16. The molecule has 0 amide bonds. The van der Waals surface area contributed by atoms with Crippen molar-refractivity contribution in [2.75, 3.05) is 14.2 Å². The van der Waals surface area contributed by atoms with E-state index in [-0.39, 0.29) is 12.8 Å². The van der Waals surface area contributed by atoms with Crippen LogP contribution in [0.15, 0.2) is 18.2 Å². The fraction of sp³-hybridized carbons (Fsp3) is 0.467. The molecule has 0 aromatic heterocycles. The first-order valence-corrected chi connectivity index (χ1v) is 6.55. The Bertz CT molecular complexity index is 511. The molecule has 0 aliphatic heterocycles. The van der Waals surface area contributed by atoms with E-state index >= 15 is 0 Å². The van der Waals surface area contributed by atoms with Gasteiger partial charge in [0.1, 0.15) is 0 Å². The van der Waals surface area contributed by atoms with E-state index in [1.807, 2.05) is 0 Å². The van der Waals surface area contributed by atoms with E-state index in [0.29, 0.717) is 11.5 Å². The lowest BCUT2D eigenvalue weighted by atomic mass is 9.90. The molecule has 6 nitrogen and oxygen atoms in total. The third kappa shape index (κ3) is 4.66. The third-order valence-electron chi connectivity index (χ3n) is 3.34. The maximum Gasteiger partial charge on any atom is 0.306 e. The molecule has 116 valence electrons. The van der Waals surface area contributed by atoms with Crippen LogP contribution in [0.2, 0.25) is 0 Å². The molecule has 0 heterocycles. The van der Waals surface area contributed by atoms with Gasteiger partial charge in [0, 0.05) is 0 Å². The molecule has 2 N–H and O–H groups in total. The first kappa shape index (κ1) is 16.8. The van der Waals surface area contributed by atoms with Gasteiger partial charge in [-0.05, 0) is 30.5 Å². The molecule has 0 saturated heterocycles. The molecule has 1 aromatic rings. The highest BCUT2D eigenvalue weighted by Crippen LogP contribution is 2.29. The van der Waals surface area contributed by atoms with Gasteiger partial charge in [-0.25, -0.2) is 0 Å². The highest BCUT2D eigenvalue weighted by atomic mass is 16.5. The third-order valence-corrected chi connectivity index (χ3v) is 3.34. The Labute approximate surface area is 123 Å². The normalized spacial score (nSPS) is 13.3. The fourth-order valence-corrected chi connectivity index (χ4v) is 2.09. The van der Waals surface area contributed by atoms with Crippen LogP contribution in [0.5, 0.6) is 11.5 Å². The van der Waals surface area contributed by atoms with Crippen LogP contribution in [-0.4, -0.2) is 36.4 Å². The molecule has 6 heteroatoms. The van der Waals surface area contributed by atoms with Crippen molar-refractivity contribution in [1.29, 1.82) is 0 Å². The molecule has 2 atom stereocenters. The van der Waals surface area contributed by atoms with Crippen molar-refractivity contribution in [2.45, 2.75) is 19.8 Å². The van der Waals surface area contributed by atoms with E-state index in [1.54, 1.807) is 18.2 Å². The number of carboxylic acids is 2. The molecule has 0 aliphatic rings. The van der Waals surface area contributed by atoms with Crippen LogP contribution in [-0.2, 0) is 16.0 Å². The van der Waals surface area contributed by atoms with Crippen LogP contribution in [0.1, 0.15) is 18.9 Å². The Kier molecular flexibility index (Phi) is 6.02. The number of carbonyl (C=O) groups is 2. The summed E-state index contributed by atoms with van der Waals surface area (Å²) in [5.74, 6) is -2.37. The molecule has 21 heavy (non-hydrogen) atoms. The van der Waals surface area contributed by atoms with Crippen LogP contribution in [0.25, 0.3) is 0 Å². The van der Waals surface area contributed by atoms with E-state index in [9.17, 15) is 14.7 Å². The number of aliphatic carboxylic acids is 2. The van der Waals surface area contributed by atoms with Crippen molar-refractivity contribution in [3.8, 4) is 11.5 Å². The zero-order valence-corrected chi connectivity index (χ0v) is 12.3. The Hall–Kier alpha value is -2.24. The first-order valence-electron chi connectivity index (χ1n) is 6.55. The second kappa shape index (κ2) is 7.52. The molecule has 0 spiro atoms. The van der Waals surface area contributed by atoms with Crippen molar-refractivity contribution in [1.82, 2.24) is 0 Å². The van der Waals surface area contributed by atoms with Gasteiger partial charge in [0.05, 0.1) is 26.1 Å². The largest absolute Gasteiger partial charge is 0.493 e. The summed E-state index contributed by atoms with van der Waals surface area (Å²) >= 11 is 0. The van der Waals surface area contributed by atoms with Crippen molar-refractivity contribution in [2.24, 2.45) is 11.8 Å². The SMILES string of the molecule is COc1ccc(CC(CC(C)C(=O)O)C(=O)O)cc1OC. The van der Waals surface area contributed by atoms with E-state index < -0.39 is 23.8 Å². The summed E-state index contributed by atoms with van der Waals surface area (Å²) in [5, 5.41) is 18.1. The van der Waals surface area contributed by atoms with Gasteiger partial charge in [-0.3, -0.25) is 9.59 Å². The standard InChI is InChI=1S/C15H20O6/c1-9(14(16)17)6-11(15(18)19)7-10-4-5-12(20-2)13(8-10)21-3/h4-5,8-9,11H,6-7H2,1-3H3,(H,16,17)(H,18,19). The lowest BCUT2D eigenvalue weighted by molar-refractivity contribution is -0.145. The van der Waals surface area contributed by atoms with Crippen molar-refractivity contribution in [3.63, 3.8) is 0 Å². The monoisotopic (exact) mass is 296 g/mol. The summed E-state index contributed by atoms with van der Waals surface area (Å²) in [4.78, 5) is 22.2. The summed E-state index contributed by atoms with van der Waals surface area (Å²) < 4.78 is 10.3. The maximum atomic E-state index is 11.3. The molecule has 0 aliphatic carbocycles. The summed E-state index contributed by atoms with van der Waals surface area (Å²) in [6.07, 6.45) is 0.326. The summed E-state index contributed by atoms with van der Waals surface area (Å²) in [7, 11) is 3.02. The number of benzene rings is 1. The van der Waals surface area contributed by atoms with Crippen molar-refractivity contribution >= 4 is 11.9 Å². The van der Waals surface area contributed by atoms with Crippen molar-refractivity contribution < 1.29 is 29.3 Å². The van der Waals surface area contributed by atoms with Gasteiger partial charge in [0.15, 0.2) is 11.5 Å². The molecule has 1 aromatic carbocycles. The number of rotatable bonds is 8. The average molecular weight is 296 g/mol. The predicted octanol–water partition coefficient (Wildman–Crippen LogP) is 2.06. The molecular weight excluding hydrogens is 276 g/mol. The lowest BCUT2D eigenvalue weighted by Gasteiger charge is -2.16. The highest BCUT2D eigenvalue weighted by molar-refractivity contribution is 5.73. The van der Waals surface area contributed by atoms with Crippen LogP contribution in [0.3, 0.4) is 0 Å². The number of hydrogen-bond acceptors (Lipinski definition) is 4. The summed E-state index contributed by atoms with van der Waals surface area (Å²) in [5.41, 5.74) is 0.762. The first-order chi connectivity index (χ1) is 9.88. The smallest absolute Gasteiger partial charge is 0.306 e. The van der Waals surface area contributed by atoms with Gasteiger partial charge in [-0.1, -0.05) is 13.0 Å².